The summed E-state index contributed by atoms with van der Waals surface area (Å²) in [5, 5.41) is 14.8. The number of fused-ring (bicyclic) bond motifs is 1. The first kappa shape index (κ1) is 13.5. The van der Waals surface area contributed by atoms with Crippen molar-refractivity contribution in [1.82, 2.24) is 25.0 Å². The van der Waals surface area contributed by atoms with Gasteiger partial charge in [0.2, 0.25) is 0 Å². The monoisotopic (exact) mass is 304 g/mol. The molecular weight excluding hydrogens is 288 g/mol. The number of benzene rings is 1. The number of pyridine rings is 1. The number of H-pyrrole nitrogens is 1. The van der Waals surface area contributed by atoms with Gasteiger partial charge in [-0.25, -0.2) is 4.98 Å². The number of aryl methyl sites for hydroxylation is 1. The van der Waals surface area contributed by atoms with Crippen molar-refractivity contribution in [1.29, 1.82) is 0 Å². The average Bonchev–Trinajstić information content (AvgIpc) is 3.22. The van der Waals surface area contributed by atoms with Gasteiger partial charge in [-0.05, 0) is 6.07 Å². The SMILES string of the molecule is Cn1cc(CNc2cc(-c3ccccc3)nc3c[nH]nc23)cn1. The van der Waals surface area contributed by atoms with Crippen molar-refractivity contribution < 1.29 is 0 Å². The highest BCUT2D eigenvalue weighted by Gasteiger charge is 2.10. The summed E-state index contributed by atoms with van der Waals surface area (Å²) in [6.45, 7) is 0.689. The van der Waals surface area contributed by atoms with Gasteiger partial charge in [0, 0.05) is 37.1 Å². The second-order valence-electron chi connectivity index (χ2n) is 5.42. The molecule has 4 aromatic rings. The molecule has 0 bridgehead atoms. The van der Waals surface area contributed by atoms with Gasteiger partial charge in [-0.2, -0.15) is 10.2 Å². The molecule has 6 nitrogen and oxygen atoms in total. The van der Waals surface area contributed by atoms with E-state index in [1.165, 1.54) is 0 Å². The maximum Gasteiger partial charge on any atom is 0.134 e. The van der Waals surface area contributed by atoms with E-state index in [-0.39, 0.29) is 0 Å². The molecule has 0 unspecified atom stereocenters. The Bertz CT molecular complexity index is 938. The van der Waals surface area contributed by atoms with E-state index in [1.807, 2.05) is 49.9 Å². The lowest BCUT2D eigenvalue weighted by atomic mass is 10.1. The van der Waals surface area contributed by atoms with Crippen molar-refractivity contribution in [2.24, 2.45) is 7.05 Å². The van der Waals surface area contributed by atoms with Crippen molar-refractivity contribution in [3.8, 4) is 11.3 Å². The fourth-order valence-corrected chi connectivity index (χ4v) is 2.59. The molecule has 0 aliphatic carbocycles. The van der Waals surface area contributed by atoms with Crippen molar-refractivity contribution in [2.45, 2.75) is 6.54 Å². The van der Waals surface area contributed by atoms with Gasteiger partial charge in [-0.15, -0.1) is 0 Å². The van der Waals surface area contributed by atoms with Crippen LogP contribution in [0.4, 0.5) is 5.69 Å². The Hall–Kier alpha value is -3.15. The third kappa shape index (κ3) is 2.66. The molecule has 1 aromatic carbocycles. The molecule has 0 amide bonds. The molecule has 0 saturated carbocycles. The van der Waals surface area contributed by atoms with E-state index < -0.39 is 0 Å². The topological polar surface area (TPSA) is 71.4 Å². The molecule has 2 N–H and O–H groups in total. The quantitative estimate of drug-likeness (QED) is 0.608. The zero-order valence-electron chi connectivity index (χ0n) is 12.7. The van der Waals surface area contributed by atoms with Crippen LogP contribution in [0.5, 0.6) is 0 Å². The fraction of sp³-hybridized carbons (Fsp3) is 0.118. The van der Waals surface area contributed by atoms with Crippen LogP contribution in [0.2, 0.25) is 0 Å². The molecule has 23 heavy (non-hydrogen) atoms. The number of nitrogens with zero attached hydrogens (tertiary/aromatic N) is 4. The number of rotatable bonds is 4. The summed E-state index contributed by atoms with van der Waals surface area (Å²) in [4.78, 5) is 4.68. The van der Waals surface area contributed by atoms with E-state index in [0.29, 0.717) is 6.54 Å². The van der Waals surface area contributed by atoms with E-state index in [9.17, 15) is 0 Å². The highest BCUT2D eigenvalue weighted by Crippen LogP contribution is 2.27. The molecule has 3 heterocycles. The van der Waals surface area contributed by atoms with Gasteiger partial charge in [0.05, 0.1) is 17.6 Å². The standard InChI is InChI=1S/C17H16N6/c1-23-11-12(9-20-23)8-18-15-7-14(13-5-3-2-4-6-13)21-16-10-19-22-17(15)16/h2-7,9-11H,8H2,1H3,(H,18,21)(H,19,22). The van der Waals surface area contributed by atoms with Gasteiger partial charge in [-0.3, -0.25) is 9.78 Å². The lowest BCUT2D eigenvalue weighted by molar-refractivity contribution is 0.767. The maximum absolute atomic E-state index is 4.68. The summed E-state index contributed by atoms with van der Waals surface area (Å²) in [5.74, 6) is 0. The van der Waals surface area contributed by atoms with Crippen LogP contribution in [-0.2, 0) is 13.6 Å². The van der Waals surface area contributed by atoms with E-state index in [2.05, 4.69) is 37.7 Å². The molecule has 0 aliphatic rings. The van der Waals surface area contributed by atoms with Crippen molar-refractivity contribution in [3.05, 3.63) is 60.6 Å². The van der Waals surface area contributed by atoms with Gasteiger partial charge < -0.3 is 5.32 Å². The minimum Gasteiger partial charge on any atom is -0.379 e. The maximum atomic E-state index is 4.68. The molecule has 6 heteroatoms. The van der Waals surface area contributed by atoms with Crippen LogP contribution in [0, 0.1) is 0 Å². The van der Waals surface area contributed by atoms with Crippen LogP contribution in [0.25, 0.3) is 22.3 Å². The normalized spacial score (nSPS) is 11.0. The molecule has 3 aromatic heterocycles. The number of aromatic amines is 1. The second kappa shape index (κ2) is 5.57. The second-order valence-corrected chi connectivity index (χ2v) is 5.42. The Morgan fingerprint density at radius 2 is 2.09 bits per heavy atom. The van der Waals surface area contributed by atoms with Crippen LogP contribution in [0.15, 0.2) is 55.0 Å². The Labute approximate surface area is 133 Å². The third-order valence-corrected chi connectivity index (χ3v) is 3.71. The van der Waals surface area contributed by atoms with Gasteiger partial charge in [0.25, 0.3) is 0 Å². The number of aromatic nitrogens is 5. The van der Waals surface area contributed by atoms with Crippen LogP contribution in [0.3, 0.4) is 0 Å². The van der Waals surface area contributed by atoms with Gasteiger partial charge in [0.15, 0.2) is 0 Å². The van der Waals surface area contributed by atoms with Crippen LogP contribution < -0.4 is 5.32 Å². The molecule has 114 valence electrons. The third-order valence-electron chi connectivity index (χ3n) is 3.71. The van der Waals surface area contributed by atoms with Crippen molar-refractivity contribution in [3.63, 3.8) is 0 Å². The zero-order valence-corrected chi connectivity index (χ0v) is 12.7. The van der Waals surface area contributed by atoms with Crippen LogP contribution in [0.1, 0.15) is 5.56 Å². The van der Waals surface area contributed by atoms with Gasteiger partial charge in [0.1, 0.15) is 11.0 Å². The first-order valence-electron chi connectivity index (χ1n) is 7.41. The highest BCUT2D eigenvalue weighted by atomic mass is 15.2. The summed E-state index contributed by atoms with van der Waals surface area (Å²) in [6.07, 6.45) is 5.67. The summed E-state index contributed by atoms with van der Waals surface area (Å²) in [7, 11) is 1.91. The van der Waals surface area contributed by atoms with Crippen LogP contribution >= 0.6 is 0 Å². The fourth-order valence-electron chi connectivity index (χ4n) is 2.59. The van der Waals surface area contributed by atoms with E-state index in [4.69, 9.17) is 0 Å². The summed E-state index contributed by atoms with van der Waals surface area (Å²) < 4.78 is 1.79. The van der Waals surface area contributed by atoms with Gasteiger partial charge >= 0.3 is 0 Å². The van der Waals surface area contributed by atoms with E-state index in [1.54, 1.807) is 4.68 Å². The number of anilines is 1. The first-order valence-corrected chi connectivity index (χ1v) is 7.41. The number of hydrogen-bond acceptors (Lipinski definition) is 4. The van der Waals surface area contributed by atoms with E-state index >= 15 is 0 Å². The number of nitrogens with one attached hydrogen (secondary N) is 2. The lowest BCUT2D eigenvalue weighted by Crippen LogP contribution is -2.00. The molecular formula is C17H16N6. The Morgan fingerprint density at radius 1 is 1.22 bits per heavy atom. The Kier molecular flexibility index (Phi) is 3.27. The molecule has 0 aliphatic heterocycles. The first-order chi connectivity index (χ1) is 11.3. The summed E-state index contributed by atoms with van der Waals surface area (Å²) in [5.41, 5.74) is 5.77. The Morgan fingerprint density at radius 3 is 2.87 bits per heavy atom. The molecule has 0 spiro atoms. The predicted molar refractivity (Wildman–Crippen MR) is 89.9 cm³/mol. The summed E-state index contributed by atoms with van der Waals surface area (Å²) >= 11 is 0. The predicted octanol–water partition coefficient (Wildman–Crippen LogP) is 2.97. The molecule has 0 atom stereocenters. The molecule has 4 rings (SSSR count). The highest BCUT2D eigenvalue weighted by molar-refractivity contribution is 5.90. The minimum absolute atomic E-state index is 0.689. The minimum atomic E-state index is 0.689. The zero-order chi connectivity index (χ0) is 15.6. The lowest BCUT2D eigenvalue weighted by Gasteiger charge is -2.08. The van der Waals surface area contributed by atoms with Crippen molar-refractivity contribution in [2.75, 3.05) is 5.32 Å². The van der Waals surface area contributed by atoms with E-state index in [0.717, 1.165) is 33.5 Å². The molecule has 0 fully saturated rings. The van der Waals surface area contributed by atoms with Crippen LogP contribution in [-0.4, -0.2) is 25.0 Å². The largest absolute Gasteiger partial charge is 0.379 e. The molecule has 0 saturated heterocycles. The molecule has 0 radical (unpaired) electrons. The number of hydrogen-bond donors (Lipinski definition) is 2. The van der Waals surface area contributed by atoms with Gasteiger partial charge in [-0.1, -0.05) is 30.3 Å². The van der Waals surface area contributed by atoms with Crippen molar-refractivity contribution >= 4 is 16.7 Å². The Balaban J connectivity index is 1.71. The summed E-state index contributed by atoms with van der Waals surface area (Å²) in [6, 6.07) is 12.2. The smallest absolute Gasteiger partial charge is 0.134 e. The average molecular weight is 304 g/mol.